The van der Waals surface area contributed by atoms with E-state index in [-0.39, 0.29) is 25.7 Å². The quantitative estimate of drug-likeness (QED) is 0.218. The average Bonchev–Trinajstić information content (AvgIpc) is 3.59. The predicted octanol–water partition coefficient (Wildman–Crippen LogP) is 6.69. The van der Waals surface area contributed by atoms with Crippen molar-refractivity contribution in [1.29, 1.82) is 0 Å². The molecule has 0 radical (unpaired) electrons. The van der Waals surface area contributed by atoms with Crippen LogP contribution in [-0.2, 0) is 16.0 Å². The number of nitrogens with one attached hydrogen (secondary N) is 1. The summed E-state index contributed by atoms with van der Waals surface area (Å²) in [6, 6.07) is 7.70. The van der Waals surface area contributed by atoms with E-state index in [2.05, 4.69) is 18.1 Å². The maximum absolute atomic E-state index is 11.6. The summed E-state index contributed by atoms with van der Waals surface area (Å²) in [6.45, 7) is 15.9. The Bertz CT molecular complexity index is 1970. The van der Waals surface area contributed by atoms with Gasteiger partial charge in [-0.1, -0.05) is 25.3 Å². The van der Waals surface area contributed by atoms with Crippen molar-refractivity contribution in [2.75, 3.05) is 5.84 Å². The maximum Gasteiger partial charge on any atom is 0.303 e. The summed E-state index contributed by atoms with van der Waals surface area (Å²) in [5.74, 6) is 4.93. The molecule has 8 bridgehead atoms. The lowest BCUT2D eigenvalue weighted by molar-refractivity contribution is -0.137. The van der Waals surface area contributed by atoms with Gasteiger partial charge < -0.3 is 21.0 Å². The Kier molecular flexibility index (Phi) is 7.67. The second-order valence-corrected chi connectivity index (χ2v) is 10.9. The van der Waals surface area contributed by atoms with Gasteiger partial charge in [0.25, 0.3) is 0 Å². The lowest BCUT2D eigenvalue weighted by Gasteiger charge is -2.04. The van der Waals surface area contributed by atoms with Gasteiger partial charge in [0.2, 0.25) is 0 Å². The van der Waals surface area contributed by atoms with Crippen molar-refractivity contribution < 1.29 is 19.8 Å². The van der Waals surface area contributed by atoms with E-state index in [1.807, 2.05) is 52.0 Å². The van der Waals surface area contributed by atoms with E-state index in [0.29, 0.717) is 22.4 Å². The third-order valence-electron chi connectivity index (χ3n) is 8.42. The van der Waals surface area contributed by atoms with Gasteiger partial charge in [0, 0.05) is 35.0 Å². The second-order valence-electron chi connectivity index (χ2n) is 10.9. The molecule has 5 heterocycles. The van der Waals surface area contributed by atoms with Crippen LogP contribution in [0.3, 0.4) is 0 Å². The van der Waals surface area contributed by atoms with Gasteiger partial charge in [-0.3, -0.25) is 14.3 Å². The molecule has 0 unspecified atom stereocenters. The van der Waals surface area contributed by atoms with E-state index in [9.17, 15) is 19.8 Å². The molecule has 9 nitrogen and oxygen atoms in total. The van der Waals surface area contributed by atoms with E-state index in [0.717, 1.165) is 67.0 Å². The molecular formula is C34H35N5O4. The monoisotopic (exact) mass is 577 g/mol. The lowest BCUT2D eigenvalue weighted by Crippen LogP contribution is -2.07. The summed E-state index contributed by atoms with van der Waals surface area (Å²) in [6.07, 6.45) is 4.00. The number of rotatable bonds is 8. The molecule has 0 aliphatic carbocycles. The zero-order valence-corrected chi connectivity index (χ0v) is 24.8. The minimum atomic E-state index is -0.914. The first-order valence-corrected chi connectivity index (χ1v) is 14.1. The van der Waals surface area contributed by atoms with Crippen molar-refractivity contribution >= 4 is 62.4 Å². The van der Waals surface area contributed by atoms with Crippen molar-refractivity contribution in [3.8, 4) is 0 Å². The number of carbonyl (C=O) groups is 2. The summed E-state index contributed by atoms with van der Waals surface area (Å²) < 4.78 is 1.55. The van der Waals surface area contributed by atoms with Crippen LogP contribution in [0, 0.1) is 13.8 Å². The third-order valence-corrected chi connectivity index (χ3v) is 8.42. The summed E-state index contributed by atoms with van der Waals surface area (Å²) in [4.78, 5) is 36.6. The van der Waals surface area contributed by atoms with Crippen LogP contribution in [-0.4, -0.2) is 41.8 Å². The molecule has 2 aliphatic rings. The van der Waals surface area contributed by atoms with E-state index < -0.39 is 11.9 Å². The Morgan fingerprint density at radius 1 is 0.814 bits per heavy atom. The number of carboxylic acid groups (broad SMARTS) is 2. The molecule has 3 aromatic heterocycles. The summed E-state index contributed by atoms with van der Waals surface area (Å²) in [5, 5.41) is 19.0. The highest BCUT2D eigenvalue weighted by atomic mass is 16.4. The summed E-state index contributed by atoms with van der Waals surface area (Å²) in [5.41, 5.74) is 12.8. The number of fused-ring (bicyclic) bond motifs is 8. The highest BCUT2D eigenvalue weighted by molar-refractivity contribution is 5.98. The number of aliphatic carboxylic acids is 2. The molecule has 0 fully saturated rings. The first kappa shape index (κ1) is 29.3. The number of H-pyrrole nitrogens is 1. The minimum Gasteiger partial charge on any atom is -0.481 e. The van der Waals surface area contributed by atoms with Crippen molar-refractivity contribution in [3.63, 3.8) is 0 Å². The second kappa shape index (κ2) is 11.2. The van der Waals surface area contributed by atoms with Crippen molar-refractivity contribution in [1.82, 2.24) is 19.6 Å². The fraction of sp³-hybridized carbons (Fsp3) is 0.235. The SMILES string of the molecule is C=CC1=C(C)c2cc3c(C)c(CCC(=O)O)c(cc4nc(cc5[nH]c(cc1n2)c(C)c5C=C)C(C)=C4CCC(=O)O)n3N. The first-order valence-electron chi connectivity index (χ1n) is 14.1. The molecule has 0 aromatic carbocycles. The van der Waals surface area contributed by atoms with Crippen LogP contribution in [0.4, 0.5) is 0 Å². The average molecular weight is 578 g/mol. The van der Waals surface area contributed by atoms with Gasteiger partial charge in [0.05, 0.1) is 33.8 Å². The van der Waals surface area contributed by atoms with Crippen molar-refractivity contribution in [2.24, 2.45) is 0 Å². The van der Waals surface area contributed by atoms with Crippen LogP contribution in [0.15, 0.2) is 43.5 Å². The minimum absolute atomic E-state index is 0.0608. The van der Waals surface area contributed by atoms with Crippen LogP contribution in [0.5, 0.6) is 0 Å². The van der Waals surface area contributed by atoms with E-state index in [4.69, 9.17) is 15.8 Å². The molecule has 43 heavy (non-hydrogen) atoms. The standard InChI is InChI=1S/C34H35N5O4/c1-7-21-17(3)25-13-29-22(8-2)18(4)27(38-29)15-31-20(6)24(10-12-34(42)43)32(39(31)35)16-30-23(9-11-33(40)41)19(5)26(37-30)14-28(21)36-25/h7-8,13-16,36H,1-2,9-12,35H2,3-6H3,(H,40,41)(H,42,43). The molecule has 0 spiro atoms. The van der Waals surface area contributed by atoms with Crippen LogP contribution in [0.25, 0.3) is 50.4 Å². The Balaban J connectivity index is 1.98. The fourth-order valence-electron chi connectivity index (χ4n) is 5.94. The predicted molar refractivity (Wildman–Crippen MR) is 172 cm³/mol. The molecule has 3 aromatic rings. The smallest absolute Gasteiger partial charge is 0.303 e. The molecule has 0 saturated heterocycles. The number of nitrogens with two attached hydrogens (primary N) is 1. The van der Waals surface area contributed by atoms with Gasteiger partial charge in [-0.2, -0.15) is 0 Å². The number of nitrogens with zero attached hydrogens (tertiary/aromatic N) is 3. The van der Waals surface area contributed by atoms with Gasteiger partial charge >= 0.3 is 11.9 Å². The van der Waals surface area contributed by atoms with Gasteiger partial charge in [0.15, 0.2) is 0 Å². The number of nitrogen functional groups attached to an aromatic ring is 1. The van der Waals surface area contributed by atoms with E-state index >= 15 is 0 Å². The Hall–Kier alpha value is -5.18. The number of hydrogen-bond acceptors (Lipinski definition) is 5. The van der Waals surface area contributed by atoms with Crippen LogP contribution in [0.2, 0.25) is 0 Å². The Morgan fingerprint density at radius 2 is 1.42 bits per heavy atom. The zero-order valence-electron chi connectivity index (χ0n) is 24.8. The molecule has 0 amide bonds. The highest BCUT2D eigenvalue weighted by Gasteiger charge is 2.22. The first-order chi connectivity index (χ1) is 20.4. The van der Waals surface area contributed by atoms with Crippen molar-refractivity contribution in [3.05, 3.63) is 88.5 Å². The van der Waals surface area contributed by atoms with Gasteiger partial charge in [-0.25, -0.2) is 9.97 Å². The zero-order chi connectivity index (χ0) is 31.2. The van der Waals surface area contributed by atoms with Gasteiger partial charge in [-0.15, -0.1) is 0 Å². The van der Waals surface area contributed by atoms with Crippen LogP contribution >= 0.6 is 0 Å². The molecule has 0 atom stereocenters. The largest absolute Gasteiger partial charge is 0.481 e. The molecule has 220 valence electrons. The molecule has 0 saturated carbocycles. The summed E-state index contributed by atoms with van der Waals surface area (Å²) in [7, 11) is 0. The fourth-order valence-corrected chi connectivity index (χ4v) is 5.94. The number of carboxylic acids is 2. The molecule has 5 rings (SSSR count). The number of allylic oxidation sites excluding steroid dienone is 5. The number of aryl methyl sites for hydroxylation is 3. The Labute approximate surface area is 249 Å². The van der Waals surface area contributed by atoms with Gasteiger partial charge in [-0.05, 0) is 98.2 Å². The number of aromatic amines is 1. The number of hydrogen-bond donors (Lipinski definition) is 4. The third kappa shape index (κ3) is 5.18. The van der Waals surface area contributed by atoms with Crippen molar-refractivity contribution in [2.45, 2.75) is 53.4 Å². The maximum atomic E-state index is 11.6. The molecular weight excluding hydrogens is 542 g/mol. The normalized spacial score (nSPS) is 13.0. The molecule has 2 aliphatic heterocycles. The molecule has 9 heteroatoms. The van der Waals surface area contributed by atoms with E-state index in [1.165, 1.54) is 0 Å². The lowest BCUT2D eigenvalue weighted by atomic mass is 10.0. The Morgan fingerprint density at radius 3 is 2.07 bits per heavy atom. The summed E-state index contributed by atoms with van der Waals surface area (Å²) >= 11 is 0. The highest BCUT2D eigenvalue weighted by Crippen LogP contribution is 2.37. The van der Waals surface area contributed by atoms with Crippen LogP contribution < -0.4 is 5.84 Å². The van der Waals surface area contributed by atoms with Gasteiger partial charge in [0.1, 0.15) is 0 Å². The molecule has 5 N–H and O–H groups in total. The topological polar surface area (TPSA) is 147 Å². The number of aromatic nitrogens is 4. The van der Waals surface area contributed by atoms with E-state index in [1.54, 1.807) is 16.8 Å². The van der Waals surface area contributed by atoms with Crippen LogP contribution in [0.1, 0.15) is 78.1 Å².